The average molecular weight is 279 g/mol. The second-order valence-corrected chi connectivity index (χ2v) is 4.44. The van der Waals surface area contributed by atoms with Gasteiger partial charge in [-0.3, -0.25) is 9.78 Å². The van der Waals surface area contributed by atoms with Crippen LogP contribution in [0.2, 0.25) is 0 Å². The van der Waals surface area contributed by atoms with E-state index in [9.17, 15) is 9.59 Å². The quantitative estimate of drug-likeness (QED) is 0.727. The minimum Gasteiger partial charge on any atom is -0.359 e. The molecule has 0 saturated carbocycles. The Morgan fingerprint density at radius 1 is 1.45 bits per heavy atom. The van der Waals surface area contributed by atoms with E-state index in [1.54, 1.807) is 0 Å². The minimum atomic E-state index is -0.522. The van der Waals surface area contributed by atoms with Crippen molar-refractivity contribution in [3.63, 3.8) is 0 Å². The Morgan fingerprint density at radius 2 is 2.20 bits per heavy atom. The maximum absolute atomic E-state index is 11.7. The van der Waals surface area contributed by atoms with Gasteiger partial charge in [-0.1, -0.05) is 19.0 Å². The number of carbonyl (C=O) groups excluding carboxylic acids is 1. The van der Waals surface area contributed by atoms with Crippen LogP contribution in [0.4, 0.5) is 0 Å². The predicted octanol–water partition coefficient (Wildman–Crippen LogP) is 0.920. The Bertz CT molecular complexity index is 623. The second kappa shape index (κ2) is 6.18. The molecule has 3 N–H and O–H groups in total. The number of nitrogens with one attached hydrogen (secondary N) is 3. The molecule has 0 bridgehead atoms. The van der Waals surface area contributed by atoms with Gasteiger partial charge in [0.25, 0.3) is 5.91 Å². The van der Waals surface area contributed by atoms with Crippen LogP contribution in [-0.2, 0) is 6.54 Å². The third-order valence-corrected chi connectivity index (χ3v) is 3.12. The van der Waals surface area contributed by atoms with E-state index in [0.29, 0.717) is 11.7 Å². The van der Waals surface area contributed by atoms with Crippen molar-refractivity contribution in [1.82, 2.24) is 25.7 Å². The molecule has 2 aromatic heterocycles. The Kier molecular flexibility index (Phi) is 4.34. The number of carbonyl (C=O) groups is 1. The van der Waals surface area contributed by atoms with Crippen molar-refractivity contribution in [3.05, 3.63) is 33.8 Å². The summed E-state index contributed by atoms with van der Waals surface area (Å²) in [5.74, 6) is 0.391. The summed E-state index contributed by atoms with van der Waals surface area (Å²) in [6.07, 6.45) is 1.98. The first-order valence-electron chi connectivity index (χ1n) is 6.52. The molecule has 2 heterocycles. The first-order chi connectivity index (χ1) is 9.63. The van der Waals surface area contributed by atoms with Crippen LogP contribution in [0.25, 0.3) is 0 Å². The van der Waals surface area contributed by atoms with Crippen molar-refractivity contribution < 1.29 is 9.32 Å². The summed E-state index contributed by atoms with van der Waals surface area (Å²) in [6, 6.07) is 1.84. The van der Waals surface area contributed by atoms with Gasteiger partial charge in [0.2, 0.25) is 5.82 Å². The van der Waals surface area contributed by atoms with E-state index < -0.39 is 11.6 Å². The van der Waals surface area contributed by atoms with E-state index >= 15 is 0 Å². The number of hydrogen-bond donors (Lipinski definition) is 3. The van der Waals surface area contributed by atoms with Crippen molar-refractivity contribution in [2.24, 2.45) is 0 Å². The lowest BCUT2D eigenvalue weighted by Gasteiger charge is -2.05. The van der Waals surface area contributed by atoms with E-state index in [2.05, 4.69) is 39.5 Å². The van der Waals surface area contributed by atoms with Gasteiger partial charge in [-0.2, -0.15) is 0 Å². The molecule has 0 aliphatic carbocycles. The van der Waals surface area contributed by atoms with E-state index in [1.807, 2.05) is 6.07 Å². The molecule has 0 aromatic carbocycles. The van der Waals surface area contributed by atoms with Gasteiger partial charge in [-0.05, 0) is 12.8 Å². The summed E-state index contributed by atoms with van der Waals surface area (Å²) in [5.41, 5.74) is 0.373. The topological polar surface area (TPSA) is 117 Å². The molecule has 0 aliphatic heterocycles. The van der Waals surface area contributed by atoms with Gasteiger partial charge in [0.05, 0.1) is 12.2 Å². The molecule has 0 spiro atoms. The van der Waals surface area contributed by atoms with Gasteiger partial charge >= 0.3 is 5.69 Å². The normalized spacial score (nSPS) is 10.9. The van der Waals surface area contributed by atoms with Crippen LogP contribution >= 0.6 is 0 Å². The molecular weight excluding hydrogens is 262 g/mol. The summed E-state index contributed by atoms with van der Waals surface area (Å²) < 4.78 is 5.18. The molecule has 0 atom stereocenters. The SMILES string of the molecule is CCC(CC)c1cc(CNC(=O)c2n[nH]c(=O)[nH]2)on1. The van der Waals surface area contributed by atoms with E-state index in [0.717, 1.165) is 18.5 Å². The first-order valence-corrected chi connectivity index (χ1v) is 6.52. The zero-order chi connectivity index (χ0) is 14.5. The fraction of sp³-hybridized carbons (Fsp3) is 0.500. The molecule has 108 valence electrons. The van der Waals surface area contributed by atoms with Gasteiger partial charge in [-0.15, -0.1) is 5.10 Å². The number of rotatable bonds is 6. The van der Waals surface area contributed by atoms with Crippen molar-refractivity contribution in [2.45, 2.75) is 39.2 Å². The van der Waals surface area contributed by atoms with Crippen LogP contribution in [-0.4, -0.2) is 26.2 Å². The zero-order valence-electron chi connectivity index (χ0n) is 11.4. The average Bonchev–Trinajstić information content (AvgIpc) is 3.07. The van der Waals surface area contributed by atoms with Gasteiger partial charge in [0.15, 0.2) is 5.76 Å². The van der Waals surface area contributed by atoms with Gasteiger partial charge in [0.1, 0.15) is 0 Å². The summed E-state index contributed by atoms with van der Waals surface area (Å²) in [7, 11) is 0. The Hall–Kier alpha value is -2.38. The minimum absolute atomic E-state index is 0.0604. The molecule has 8 nitrogen and oxygen atoms in total. The largest absolute Gasteiger partial charge is 0.359 e. The third kappa shape index (κ3) is 3.14. The van der Waals surface area contributed by atoms with Crippen molar-refractivity contribution in [2.75, 3.05) is 0 Å². The van der Waals surface area contributed by atoms with Crippen LogP contribution in [0.3, 0.4) is 0 Å². The Labute approximate surface area is 114 Å². The van der Waals surface area contributed by atoms with E-state index in [1.165, 1.54) is 0 Å². The van der Waals surface area contributed by atoms with Crippen LogP contribution < -0.4 is 11.0 Å². The third-order valence-electron chi connectivity index (χ3n) is 3.12. The molecule has 0 unspecified atom stereocenters. The van der Waals surface area contributed by atoms with E-state index in [-0.39, 0.29) is 12.4 Å². The second-order valence-electron chi connectivity index (χ2n) is 4.44. The van der Waals surface area contributed by atoms with Crippen LogP contribution in [0.5, 0.6) is 0 Å². The lowest BCUT2D eigenvalue weighted by Crippen LogP contribution is -2.24. The fourth-order valence-corrected chi connectivity index (χ4v) is 1.94. The smallest absolute Gasteiger partial charge is 0.341 e. The Morgan fingerprint density at radius 3 is 2.80 bits per heavy atom. The maximum Gasteiger partial charge on any atom is 0.341 e. The molecule has 8 heteroatoms. The standard InChI is InChI=1S/C12H17N5O3/c1-3-7(4-2)9-5-8(20-17-9)6-13-11(18)10-14-12(19)16-15-10/h5,7H,3-4,6H2,1-2H3,(H,13,18)(H2,14,15,16,19). The lowest BCUT2D eigenvalue weighted by molar-refractivity contribution is 0.0937. The van der Waals surface area contributed by atoms with Crippen LogP contribution in [0.1, 0.15) is 54.7 Å². The summed E-state index contributed by atoms with van der Waals surface area (Å²) in [5, 5.41) is 12.3. The highest BCUT2D eigenvalue weighted by Crippen LogP contribution is 2.22. The summed E-state index contributed by atoms with van der Waals surface area (Å²) in [6.45, 7) is 4.39. The molecule has 20 heavy (non-hydrogen) atoms. The number of aromatic amines is 2. The molecular formula is C12H17N5O3. The monoisotopic (exact) mass is 279 g/mol. The van der Waals surface area contributed by atoms with Crippen molar-refractivity contribution in [3.8, 4) is 0 Å². The highest BCUT2D eigenvalue weighted by Gasteiger charge is 2.14. The van der Waals surface area contributed by atoms with Crippen molar-refractivity contribution >= 4 is 5.91 Å². The number of hydrogen-bond acceptors (Lipinski definition) is 5. The maximum atomic E-state index is 11.7. The predicted molar refractivity (Wildman–Crippen MR) is 70.2 cm³/mol. The van der Waals surface area contributed by atoms with Gasteiger partial charge in [-0.25, -0.2) is 9.89 Å². The molecule has 2 aromatic rings. The van der Waals surface area contributed by atoms with Crippen LogP contribution in [0.15, 0.2) is 15.4 Å². The molecule has 0 saturated heterocycles. The summed E-state index contributed by atoms with van der Waals surface area (Å²) in [4.78, 5) is 24.8. The number of aromatic nitrogens is 4. The first kappa shape index (κ1) is 14.0. The summed E-state index contributed by atoms with van der Waals surface area (Å²) >= 11 is 0. The Balaban J connectivity index is 1.94. The molecule has 2 rings (SSSR count). The van der Waals surface area contributed by atoms with Crippen LogP contribution in [0, 0.1) is 0 Å². The number of nitrogens with zero attached hydrogens (tertiary/aromatic N) is 2. The molecule has 0 radical (unpaired) electrons. The molecule has 0 aliphatic rings. The highest BCUT2D eigenvalue weighted by molar-refractivity contribution is 5.90. The van der Waals surface area contributed by atoms with Crippen molar-refractivity contribution in [1.29, 1.82) is 0 Å². The van der Waals surface area contributed by atoms with E-state index in [4.69, 9.17) is 4.52 Å². The van der Waals surface area contributed by atoms with Gasteiger partial charge < -0.3 is 9.84 Å². The number of amides is 1. The number of H-pyrrole nitrogens is 2. The zero-order valence-corrected chi connectivity index (χ0v) is 11.4. The van der Waals surface area contributed by atoms with Gasteiger partial charge in [0, 0.05) is 12.0 Å². The molecule has 1 amide bonds. The fourth-order valence-electron chi connectivity index (χ4n) is 1.94. The lowest BCUT2D eigenvalue weighted by atomic mass is 9.99. The highest BCUT2D eigenvalue weighted by atomic mass is 16.5. The molecule has 0 fully saturated rings.